The van der Waals surface area contributed by atoms with Crippen LogP contribution in [0.1, 0.15) is 60.4 Å². The number of nitrogens with zero attached hydrogens (tertiary/aromatic N) is 2. The highest BCUT2D eigenvalue weighted by atomic mass is 19.1. The minimum absolute atomic E-state index is 0. The molecule has 130 valence electrons. The summed E-state index contributed by atoms with van der Waals surface area (Å²) in [6.45, 7) is 11.2. The molecule has 0 saturated carbocycles. The predicted octanol–water partition coefficient (Wildman–Crippen LogP) is 2.56. The van der Waals surface area contributed by atoms with E-state index in [9.17, 15) is 9.18 Å². The molecule has 2 atom stereocenters. The maximum absolute atomic E-state index is 13.6. The minimum Gasteiger partial charge on any atom is -0.349 e. The number of hydrogen-bond donors (Lipinski definition) is 2. The topological polar surface area (TPSA) is 80.0 Å². The molecule has 1 aliphatic rings. The van der Waals surface area contributed by atoms with Crippen LogP contribution in [0.4, 0.5) is 4.39 Å². The van der Waals surface area contributed by atoms with Gasteiger partial charge in [-0.05, 0) is 13.0 Å². The lowest BCUT2D eigenvalue weighted by Crippen LogP contribution is -2.43. The third-order valence-electron chi connectivity index (χ3n) is 3.34. The Labute approximate surface area is 134 Å². The third-order valence-corrected chi connectivity index (χ3v) is 3.34. The van der Waals surface area contributed by atoms with Crippen LogP contribution >= 0.6 is 0 Å². The van der Waals surface area contributed by atoms with Gasteiger partial charge in [-0.1, -0.05) is 39.8 Å². The van der Waals surface area contributed by atoms with Crippen molar-refractivity contribution in [2.24, 2.45) is 5.92 Å². The van der Waals surface area contributed by atoms with E-state index < -0.39 is 12.1 Å². The monoisotopic (exact) mass is 318 g/mol. The lowest BCUT2D eigenvalue weighted by atomic mass is 9.96. The zero-order valence-electron chi connectivity index (χ0n) is 14.1. The van der Waals surface area contributed by atoms with Crippen molar-refractivity contribution in [1.29, 1.82) is 0 Å². The van der Waals surface area contributed by atoms with Gasteiger partial charge in [0.2, 0.25) is 5.89 Å². The molecule has 7 heteroatoms. The molecular weight excluding hydrogens is 287 g/mol. The van der Waals surface area contributed by atoms with Gasteiger partial charge in [0.15, 0.2) is 0 Å². The Hall–Kier alpha value is -1.50. The van der Waals surface area contributed by atoms with Gasteiger partial charge in [0, 0.05) is 27.3 Å². The molecule has 0 spiro atoms. The van der Waals surface area contributed by atoms with Crippen molar-refractivity contribution >= 4 is 5.91 Å². The molecular formula is C15H31FN4O2. The number of aromatic nitrogens is 2. The molecule has 2 rings (SSSR count). The molecule has 0 aliphatic carbocycles. The molecule has 1 saturated heterocycles. The number of carbonyl (C=O) groups excluding carboxylic acids is 1. The number of piperidine rings is 1. The summed E-state index contributed by atoms with van der Waals surface area (Å²) >= 11 is 0. The van der Waals surface area contributed by atoms with Gasteiger partial charge >= 0.3 is 0 Å². The SMILES string of the molecule is CC.CC(C)(C)c1nc(C(=O)NC[C@H]2CCNC[C@H]2F)no1.[HH].[HH]. The van der Waals surface area contributed by atoms with Crippen molar-refractivity contribution < 1.29 is 16.6 Å². The summed E-state index contributed by atoms with van der Waals surface area (Å²) in [5, 5.41) is 9.31. The number of rotatable bonds is 3. The van der Waals surface area contributed by atoms with Crippen LogP contribution in [-0.4, -0.2) is 41.9 Å². The van der Waals surface area contributed by atoms with E-state index in [0.717, 1.165) is 6.54 Å². The molecule has 0 unspecified atom stereocenters. The summed E-state index contributed by atoms with van der Waals surface area (Å²) in [4.78, 5) is 16.0. The fourth-order valence-corrected chi connectivity index (χ4v) is 2.03. The number of nitrogens with one attached hydrogen (secondary N) is 2. The van der Waals surface area contributed by atoms with Crippen LogP contribution in [0.15, 0.2) is 4.52 Å². The van der Waals surface area contributed by atoms with E-state index in [2.05, 4.69) is 20.8 Å². The number of alkyl halides is 1. The summed E-state index contributed by atoms with van der Waals surface area (Å²) < 4.78 is 18.7. The van der Waals surface area contributed by atoms with E-state index in [1.807, 2.05) is 34.6 Å². The van der Waals surface area contributed by atoms with Crippen LogP contribution in [0.2, 0.25) is 0 Å². The molecule has 1 aromatic heterocycles. The second-order valence-corrected chi connectivity index (χ2v) is 6.15. The van der Waals surface area contributed by atoms with Crippen LogP contribution in [-0.2, 0) is 5.41 Å². The summed E-state index contributed by atoms with van der Waals surface area (Å²) in [7, 11) is 0. The van der Waals surface area contributed by atoms with Gasteiger partial charge in [-0.3, -0.25) is 4.79 Å². The van der Waals surface area contributed by atoms with E-state index in [0.29, 0.717) is 25.4 Å². The zero-order valence-corrected chi connectivity index (χ0v) is 14.1. The molecule has 1 aromatic rings. The molecule has 0 radical (unpaired) electrons. The first-order chi connectivity index (χ1) is 10.4. The van der Waals surface area contributed by atoms with Crippen LogP contribution < -0.4 is 10.6 Å². The standard InChI is InChI=1S/C13H21FN4O2.C2H6.2H2/c1-13(2,3)12-17-10(18-20-12)11(19)16-6-8-4-5-15-7-9(8)14;1-2;;/h8-9,15H,4-7H2,1-3H3,(H,16,19);1-2H3;2*1H/t8-,9-;;;/m1.../s1. The van der Waals surface area contributed by atoms with Crippen molar-refractivity contribution in [3.8, 4) is 0 Å². The highest BCUT2D eigenvalue weighted by Crippen LogP contribution is 2.19. The summed E-state index contributed by atoms with van der Waals surface area (Å²) in [5.41, 5.74) is -0.301. The maximum atomic E-state index is 13.6. The summed E-state index contributed by atoms with van der Waals surface area (Å²) in [6.07, 6.45) is -0.222. The maximum Gasteiger partial charge on any atom is 0.292 e. The molecule has 1 fully saturated rings. The quantitative estimate of drug-likeness (QED) is 0.895. The fraction of sp³-hybridized carbons (Fsp3) is 0.800. The average Bonchev–Trinajstić information content (AvgIpc) is 2.98. The van der Waals surface area contributed by atoms with Gasteiger partial charge < -0.3 is 15.2 Å². The van der Waals surface area contributed by atoms with Gasteiger partial charge in [0.25, 0.3) is 11.7 Å². The Morgan fingerprint density at radius 3 is 2.73 bits per heavy atom. The Balaban J connectivity index is 0. The van der Waals surface area contributed by atoms with E-state index in [1.165, 1.54) is 0 Å². The molecule has 2 heterocycles. The van der Waals surface area contributed by atoms with Gasteiger partial charge in [-0.25, -0.2) is 4.39 Å². The Kier molecular flexibility index (Phi) is 6.93. The molecule has 1 aliphatic heterocycles. The first-order valence-electron chi connectivity index (χ1n) is 7.85. The molecule has 0 bridgehead atoms. The van der Waals surface area contributed by atoms with Crippen molar-refractivity contribution in [3.63, 3.8) is 0 Å². The fourth-order valence-electron chi connectivity index (χ4n) is 2.03. The van der Waals surface area contributed by atoms with Crippen LogP contribution in [0.25, 0.3) is 0 Å². The first kappa shape index (κ1) is 18.5. The first-order valence-corrected chi connectivity index (χ1v) is 7.85. The van der Waals surface area contributed by atoms with Crippen LogP contribution in [0.5, 0.6) is 0 Å². The van der Waals surface area contributed by atoms with Crippen molar-refractivity contribution in [2.75, 3.05) is 19.6 Å². The second-order valence-electron chi connectivity index (χ2n) is 6.15. The van der Waals surface area contributed by atoms with Crippen molar-refractivity contribution in [2.45, 2.75) is 52.6 Å². The normalized spacial score (nSPS) is 21.7. The molecule has 6 nitrogen and oxygen atoms in total. The molecule has 1 amide bonds. The predicted molar refractivity (Wildman–Crippen MR) is 86.8 cm³/mol. The molecule has 2 N–H and O–H groups in total. The van der Waals surface area contributed by atoms with Gasteiger partial charge in [-0.15, -0.1) is 0 Å². The van der Waals surface area contributed by atoms with E-state index >= 15 is 0 Å². The zero-order chi connectivity index (χ0) is 16.8. The second kappa shape index (κ2) is 8.22. The van der Waals surface area contributed by atoms with Crippen molar-refractivity contribution in [3.05, 3.63) is 11.7 Å². The van der Waals surface area contributed by atoms with E-state index in [1.54, 1.807) is 0 Å². The largest absolute Gasteiger partial charge is 0.349 e. The van der Waals surface area contributed by atoms with Crippen molar-refractivity contribution in [1.82, 2.24) is 20.8 Å². The lowest BCUT2D eigenvalue weighted by molar-refractivity contribution is 0.0914. The van der Waals surface area contributed by atoms with Gasteiger partial charge in [-0.2, -0.15) is 4.98 Å². The highest BCUT2D eigenvalue weighted by molar-refractivity contribution is 5.90. The number of amides is 1. The number of hydrogen-bond acceptors (Lipinski definition) is 5. The minimum atomic E-state index is -0.931. The smallest absolute Gasteiger partial charge is 0.292 e. The highest BCUT2D eigenvalue weighted by Gasteiger charge is 2.27. The Bertz CT molecular complexity index is 480. The molecule has 22 heavy (non-hydrogen) atoms. The van der Waals surface area contributed by atoms with Gasteiger partial charge in [0.1, 0.15) is 6.17 Å². The number of carbonyl (C=O) groups is 1. The lowest BCUT2D eigenvalue weighted by Gasteiger charge is -2.26. The average molecular weight is 318 g/mol. The summed E-state index contributed by atoms with van der Waals surface area (Å²) in [6, 6.07) is 0. The third kappa shape index (κ3) is 5.05. The van der Waals surface area contributed by atoms with Crippen LogP contribution in [0.3, 0.4) is 0 Å². The number of halogens is 1. The van der Waals surface area contributed by atoms with E-state index in [4.69, 9.17) is 4.52 Å². The summed E-state index contributed by atoms with van der Waals surface area (Å²) in [5.74, 6) is -0.170. The molecule has 0 aromatic carbocycles. The van der Waals surface area contributed by atoms with E-state index in [-0.39, 0.29) is 20.0 Å². The Morgan fingerprint density at radius 1 is 1.50 bits per heavy atom. The van der Waals surface area contributed by atoms with Crippen LogP contribution in [0, 0.1) is 5.92 Å². The Morgan fingerprint density at radius 2 is 2.18 bits per heavy atom. The van der Waals surface area contributed by atoms with Gasteiger partial charge in [0.05, 0.1) is 0 Å².